The van der Waals surface area contributed by atoms with Gasteiger partial charge in [-0.15, -0.1) is 24.0 Å². The minimum Gasteiger partial charge on any atom is -0.356 e. The van der Waals surface area contributed by atoms with Crippen molar-refractivity contribution in [1.82, 2.24) is 20.5 Å². The topological polar surface area (TPSA) is 70.4 Å². The number of nitrogens with one attached hydrogen (secondary N) is 3. The van der Waals surface area contributed by atoms with Crippen LogP contribution in [0, 0.1) is 5.41 Å². The molecule has 22 heavy (non-hydrogen) atoms. The molecule has 0 aromatic carbocycles. The van der Waals surface area contributed by atoms with E-state index >= 15 is 0 Å². The van der Waals surface area contributed by atoms with Crippen LogP contribution in [-0.2, 0) is 11.3 Å². The van der Waals surface area contributed by atoms with Crippen molar-refractivity contribution in [2.24, 2.45) is 10.4 Å². The van der Waals surface area contributed by atoms with Crippen LogP contribution in [-0.4, -0.2) is 43.1 Å². The largest absolute Gasteiger partial charge is 0.356 e. The number of amides is 1. The van der Waals surface area contributed by atoms with E-state index in [4.69, 9.17) is 0 Å². The van der Waals surface area contributed by atoms with Crippen molar-refractivity contribution in [3.63, 3.8) is 0 Å². The van der Waals surface area contributed by atoms with E-state index in [0.29, 0.717) is 19.0 Å². The fourth-order valence-corrected chi connectivity index (χ4v) is 1.83. The molecule has 0 spiro atoms. The van der Waals surface area contributed by atoms with Crippen LogP contribution in [0.4, 0.5) is 0 Å². The van der Waals surface area contributed by atoms with Crippen molar-refractivity contribution in [3.8, 4) is 0 Å². The Kier molecular flexibility index (Phi) is 9.88. The van der Waals surface area contributed by atoms with Gasteiger partial charge < -0.3 is 20.5 Å². The van der Waals surface area contributed by atoms with Gasteiger partial charge in [0.05, 0.1) is 5.41 Å². The summed E-state index contributed by atoms with van der Waals surface area (Å²) in [6.07, 6.45) is 4.05. The van der Waals surface area contributed by atoms with Gasteiger partial charge in [-0.05, 0) is 32.9 Å². The van der Waals surface area contributed by atoms with Crippen LogP contribution < -0.4 is 16.0 Å². The van der Waals surface area contributed by atoms with Gasteiger partial charge in [0.15, 0.2) is 5.96 Å². The van der Waals surface area contributed by atoms with Crippen LogP contribution in [0.5, 0.6) is 0 Å². The summed E-state index contributed by atoms with van der Waals surface area (Å²) < 4.78 is 2.10. The van der Waals surface area contributed by atoms with Crippen molar-refractivity contribution in [2.45, 2.75) is 27.3 Å². The molecule has 0 radical (unpaired) electrons. The van der Waals surface area contributed by atoms with Crippen molar-refractivity contribution in [3.05, 3.63) is 24.5 Å². The highest BCUT2D eigenvalue weighted by atomic mass is 127. The van der Waals surface area contributed by atoms with E-state index < -0.39 is 5.41 Å². The summed E-state index contributed by atoms with van der Waals surface area (Å²) in [6, 6.07) is 4.00. The fourth-order valence-electron chi connectivity index (χ4n) is 1.83. The number of hydrogen-bond acceptors (Lipinski definition) is 2. The molecule has 1 rings (SSSR count). The molecule has 126 valence electrons. The third-order valence-electron chi connectivity index (χ3n) is 3.20. The molecule has 0 aliphatic rings. The Morgan fingerprint density at radius 1 is 1.18 bits per heavy atom. The number of carbonyl (C=O) groups is 1. The summed E-state index contributed by atoms with van der Waals surface area (Å²) in [7, 11) is 1.73. The van der Waals surface area contributed by atoms with Crippen molar-refractivity contribution < 1.29 is 4.79 Å². The lowest BCUT2D eigenvalue weighted by Gasteiger charge is -2.24. The zero-order valence-electron chi connectivity index (χ0n) is 13.8. The highest BCUT2D eigenvalue weighted by Gasteiger charge is 2.27. The zero-order chi connectivity index (χ0) is 15.7. The van der Waals surface area contributed by atoms with Crippen molar-refractivity contribution in [1.29, 1.82) is 0 Å². The summed E-state index contributed by atoms with van der Waals surface area (Å²) in [6.45, 7) is 8.57. The second-order valence-corrected chi connectivity index (χ2v) is 5.52. The first-order valence-electron chi connectivity index (χ1n) is 7.33. The molecule has 6 nitrogen and oxygen atoms in total. The van der Waals surface area contributed by atoms with E-state index in [1.165, 1.54) is 0 Å². The predicted molar refractivity (Wildman–Crippen MR) is 102 cm³/mol. The maximum Gasteiger partial charge on any atom is 0.227 e. The number of aromatic nitrogens is 1. The summed E-state index contributed by atoms with van der Waals surface area (Å²) >= 11 is 0. The summed E-state index contributed by atoms with van der Waals surface area (Å²) in [5, 5.41) is 9.28. The average Bonchev–Trinajstić information content (AvgIpc) is 2.96. The number of nitrogens with zero attached hydrogens (tertiary/aromatic N) is 2. The maximum absolute atomic E-state index is 11.9. The van der Waals surface area contributed by atoms with Gasteiger partial charge in [-0.2, -0.15) is 0 Å². The first-order valence-corrected chi connectivity index (χ1v) is 7.33. The van der Waals surface area contributed by atoms with Crippen LogP contribution in [0.25, 0.3) is 0 Å². The lowest BCUT2D eigenvalue weighted by Crippen LogP contribution is -2.48. The normalized spacial score (nSPS) is 11.5. The molecule has 0 unspecified atom stereocenters. The summed E-state index contributed by atoms with van der Waals surface area (Å²) in [5.74, 6) is 0.750. The lowest BCUT2D eigenvalue weighted by atomic mass is 9.92. The fraction of sp³-hybridized carbons (Fsp3) is 0.600. The third kappa shape index (κ3) is 7.15. The second kappa shape index (κ2) is 10.5. The smallest absolute Gasteiger partial charge is 0.227 e. The standard InChI is InChI=1S/C15H27N5O.HI/c1-5-17-13(21)15(2,3)12-19-14(16-4)18-8-11-20-9-6-7-10-20;/h6-7,9-10H,5,8,11-12H2,1-4H3,(H,17,21)(H2,16,18,19);1H. The van der Waals surface area contributed by atoms with E-state index in [-0.39, 0.29) is 29.9 Å². The average molecular weight is 421 g/mol. The first-order chi connectivity index (χ1) is 9.99. The number of aliphatic imine (C=N–C) groups is 1. The summed E-state index contributed by atoms with van der Waals surface area (Å²) in [5.41, 5.74) is -0.478. The van der Waals surface area contributed by atoms with Crippen molar-refractivity contribution >= 4 is 35.8 Å². The highest BCUT2D eigenvalue weighted by molar-refractivity contribution is 14.0. The Bertz CT molecular complexity index is 457. The van der Waals surface area contributed by atoms with E-state index in [0.717, 1.165) is 13.1 Å². The Morgan fingerprint density at radius 2 is 1.82 bits per heavy atom. The predicted octanol–water partition coefficient (Wildman–Crippen LogP) is 1.43. The molecule has 1 aromatic heterocycles. The molecule has 0 aliphatic carbocycles. The van der Waals surface area contributed by atoms with Crippen LogP contribution in [0.15, 0.2) is 29.5 Å². The Balaban J connectivity index is 0.00000441. The molecule has 1 heterocycles. The molecule has 7 heteroatoms. The van der Waals surface area contributed by atoms with Gasteiger partial charge in [-0.1, -0.05) is 0 Å². The lowest BCUT2D eigenvalue weighted by molar-refractivity contribution is -0.128. The van der Waals surface area contributed by atoms with Gasteiger partial charge in [-0.3, -0.25) is 9.79 Å². The third-order valence-corrected chi connectivity index (χ3v) is 3.20. The number of rotatable bonds is 7. The number of hydrogen-bond donors (Lipinski definition) is 3. The number of halogens is 1. The minimum atomic E-state index is -0.478. The molecule has 0 fully saturated rings. The van der Waals surface area contributed by atoms with Crippen LogP contribution >= 0.6 is 24.0 Å². The highest BCUT2D eigenvalue weighted by Crippen LogP contribution is 2.13. The quantitative estimate of drug-likeness (QED) is 0.355. The Labute approximate surface area is 150 Å². The van der Waals surface area contributed by atoms with Gasteiger partial charge in [0.2, 0.25) is 5.91 Å². The molecule has 0 bridgehead atoms. The Morgan fingerprint density at radius 3 is 2.36 bits per heavy atom. The van der Waals surface area contributed by atoms with Gasteiger partial charge in [0, 0.05) is 45.6 Å². The van der Waals surface area contributed by atoms with Gasteiger partial charge in [0.25, 0.3) is 0 Å². The number of guanidine groups is 1. The maximum atomic E-state index is 11.9. The van der Waals surface area contributed by atoms with Crippen molar-refractivity contribution in [2.75, 3.05) is 26.7 Å². The molecule has 1 amide bonds. The van der Waals surface area contributed by atoms with Gasteiger partial charge in [0.1, 0.15) is 0 Å². The Hall–Kier alpha value is -1.25. The van der Waals surface area contributed by atoms with E-state index in [1.807, 2.05) is 45.3 Å². The van der Waals surface area contributed by atoms with Crippen LogP contribution in [0.3, 0.4) is 0 Å². The molecular weight excluding hydrogens is 393 g/mol. The molecule has 0 saturated carbocycles. The molecule has 3 N–H and O–H groups in total. The van der Waals surface area contributed by atoms with E-state index in [9.17, 15) is 4.79 Å². The van der Waals surface area contributed by atoms with E-state index in [1.54, 1.807) is 7.05 Å². The molecule has 0 atom stereocenters. The minimum absolute atomic E-state index is 0. The van der Waals surface area contributed by atoms with Crippen LogP contribution in [0.1, 0.15) is 20.8 Å². The molecule has 1 aromatic rings. The number of carbonyl (C=O) groups excluding carboxylic acids is 1. The first kappa shape index (κ1) is 20.8. The summed E-state index contributed by atoms with van der Waals surface area (Å²) in [4.78, 5) is 16.1. The molecule has 0 aliphatic heterocycles. The molecular formula is C15H28IN5O. The van der Waals surface area contributed by atoms with Gasteiger partial charge in [-0.25, -0.2) is 0 Å². The van der Waals surface area contributed by atoms with Gasteiger partial charge >= 0.3 is 0 Å². The molecule has 0 saturated heterocycles. The second-order valence-electron chi connectivity index (χ2n) is 5.52. The SMILES string of the molecule is CCNC(=O)C(C)(C)CNC(=NC)NCCn1cccc1.I. The monoisotopic (exact) mass is 421 g/mol. The zero-order valence-corrected chi connectivity index (χ0v) is 16.2. The van der Waals surface area contributed by atoms with E-state index in [2.05, 4.69) is 25.5 Å². The van der Waals surface area contributed by atoms with Crippen LogP contribution in [0.2, 0.25) is 0 Å².